The van der Waals surface area contributed by atoms with Crippen molar-refractivity contribution in [2.45, 2.75) is 11.1 Å². The van der Waals surface area contributed by atoms with Gasteiger partial charge in [0.1, 0.15) is 0 Å². The molecule has 0 spiro atoms. The van der Waals surface area contributed by atoms with E-state index in [1.165, 1.54) is 16.8 Å². The van der Waals surface area contributed by atoms with Crippen molar-refractivity contribution in [3.05, 3.63) is 48.3 Å². The number of fused-ring (bicyclic) bond motifs is 1. The van der Waals surface area contributed by atoms with Gasteiger partial charge in [-0.1, -0.05) is 6.07 Å². The van der Waals surface area contributed by atoms with Crippen LogP contribution in [0, 0.1) is 0 Å². The molecule has 24 heavy (non-hydrogen) atoms. The number of aromatic nitrogens is 3. The number of hydrogen-bond donors (Lipinski definition) is 1. The smallest absolute Gasteiger partial charge is 0.416 e. The summed E-state index contributed by atoms with van der Waals surface area (Å²) in [6.07, 6.45) is -1.47. The summed E-state index contributed by atoms with van der Waals surface area (Å²) in [4.78, 5) is 11.3. The molecular formula is C15H10F3N3O2S. The second-order valence-electron chi connectivity index (χ2n) is 4.86. The summed E-state index contributed by atoms with van der Waals surface area (Å²) in [5.74, 6) is -0.899. The van der Waals surface area contributed by atoms with Crippen molar-refractivity contribution in [3.8, 4) is 5.82 Å². The van der Waals surface area contributed by atoms with E-state index in [0.717, 1.165) is 23.9 Å². The fourth-order valence-corrected chi connectivity index (χ4v) is 2.93. The van der Waals surface area contributed by atoms with E-state index in [4.69, 9.17) is 5.11 Å². The summed E-state index contributed by atoms with van der Waals surface area (Å²) >= 11 is 1.03. The minimum Gasteiger partial charge on any atom is -0.481 e. The first-order valence-electron chi connectivity index (χ1n) is 6.71. The molecule has 0 fully saturated rings. The van der Waals surface area contributed by atoms with Gasteiger partial charge in [0.05, 0.1) is 27.9 Å². The molecule has 0 aliphatic carbocycles. The van der Waals surface area contributed by atoms with Gasteiger partial charge in [0.15, 0.2) is 5.82 Å². The van der Waals surface area contributed by atoms with E-state index in [-0.39, 0.29) is 11.6 Å². The lowest BCUT2D eigenvalue weighted by molar-refractivity contribution is -0.137. The van der Waals surface area contributed by atoms with Gasteiger partial charge < -0.3 is 5.11 Å². The first-order valence-corrected chi connectivity index (χ1v) is 7.70. The molecule has 0 saturated heterocycles. The Labute approximate surface area is 138 Å². The quantitative estimate of drug-likeness (QED) is 0.726. The molecule has 1 aromatic carbocycles. The van der Waals surface area contributed by atoms with E-state index < -0.39 is 17.7 Å². The van der Waals surface area contributed by atoms with Crippen LogP contribution in [0.15, 0.2) is 47.6 Å². The normalized spacial score (nSPS) is 11.8. The molecule has 0 aliphatic heterocycles. The fourth-order valence-electron chi connectivity index (χ4n) is 2.22. The average Bonchev–Trinajstić information content (AvgIpc) is 2.95. The van der Waals surface area contributed by atoms with Crippen LogP contribution in [0.4, 0.5) is 13.2 Å². The Balaban J connectivity index is 2.11. The van der Waals surface area contributed by atoms with Crippen molar-refractivity contribution < 1.29 is 23.1 Å². The molecule has 5 nitrogen and oxygen atoms in total. The predicted octanol–water partition coefficient (Wildman–Crippen LogP) is 3.62. The van der Waals surface area contributed by atoms with E-state index in [0.29, 0.717) is 15.8 Å². The van der Waals surface area contributed by atoms with Gasteiger partial charge in [-0.3, -0.25) is 9.36 Å². The maximum atomic E-state index is 12.9. The Hall–Kier alpha value is -2.55. The maximum absolute atomic E-state index is 12.9. The predicted molar refractivity (Wildman–Crippen MR) is 82.2 cm³/mol. The summed E-state index contributed by atoms with van der Waals surface area (Å²) in [5, 5.41) is 17.1. The Bertz CT molecular complexity index is 908. The Morgan fingerprint density at radius 2 is 2.04 bits per heavy atom. The van der Waals surface area contributed by atoms with Crippen LogP contribution in [0.1, 0.15) is 5.56 Å². The summed E-state index contributed by atoms with van der Waals surface area (Å²) < 4.78 is 40.3. The second-order valence-corrected chi connectivity index (χ2v) is 5.88. The van der Waals surface area contributed by atoms with E-state index in [9.17, 15) is 18.0 Å². The third-order valence-electron chi connectivity index (χ3n) is 3.27. The molecule has 1 N–H and O–H groups in total. The highest BCUT2D eigenvalue weighted by Gasteiger charge is 2.30. The van der Waals surface area contributed by atoms with Crippen molar-refractivity contribution in [1.29, 1.82) is 0 Å². The number of carboxylic acids is 1. The molecule has 0 atom stereocenters. The number of hydrogen-bond acceptors (Lipinski definition) is 4. The van der Waals surface area contributed by atoms with Crippen molar-refractivity contribution in [3.63, 3.8) is 0 Å². The van der Waals surface area contributed by atoms with Gasteiger partial charge >= 0.3 is 12.1 Å². The van der Waals surface area contributed by atoms with Crippen LogP contribution >= 0.6 is 11.8 Å². The number of thioether (sulfide) groups is 1. The molecule has 0 radical (unpaired) electrons. The molecule has 2 heterocycles. The van der Waals surface area contributed by atoms with Gasteiger partial charge in [-0.05, 0) is 24.3 Å². The molecule has 0 bridgehead atoms. The van der Waals surface area contributed by atoms with Crippen LogP contribution in [0.25, 0.3) is 16.7 Å². The van der Waals surface area contributed by atoms with Gasteiger partial charge in [-0.25, -0.2) is 0 Å². The highest BCUT2D eigenvalue weighted by Crippen LogP contribution is 2.33. The number of halogens is 3. The van der Waals surface area contributed by atoms with Gasteiger partial charge in [-0.2, -0.15) is 18.3 Å². The lowest BCUT2D eigenvalue weighted by Crippen LogP contribution is -2.06. The molecule has 3 rings (SSSR count). The Kier molecular flexibility index (Phi) is 4.18. The molecule has 3 aromatic rings. The van der Waals surface area contributed by atoms with E-state index >= 15 is 0 Å². The van der Waals surface area contributed by atoms with Gasteiger partial charge in [0, 0.05) is 11.6 Å². The SMILES string of the molecule is O=C(O)CSc1ccnnc1-n1ccc2ccc(C(F)(F)F)cc21. The summed E-state index contributed by atoms with van der Waals surface area (Å²) in [5.41, 5.74) is -0.443. The number of rotatable bonds is 4. The number of benzene rings is 1. The average molecular weight is 353 g/mol. The standard InChI is InChI=1S/C15H10F3N3O2S/c16-15(17,18)10-2-1-9-4-6-21(11(9)7-10)14-12(3-5-19-20-14)24-8-13(22)23/h1-7H,8H2,(H,22,23). The van der Waals surface area contributed by atoms with Crippen LogP contribution in [-0.4, -0.2) is 31.6 Å². The Morgan fingerprint density at radius 1 is 1.25 bits per heavy atom. The van der Waals surface area contributed by atoms with Gasteiger partial charge in [0.25, 0.3) is 0 Å². The van der Waals surface area contributed by atoms with E-state index in [1.807, 2.05) is 0 Å². The first kappa shape index (κ1) is 16.3. The summed E-state index contributed by atoms with van der Waals surface area (Å²) in [6, 6.07) is 6.68. The van der Waals surface area contributed by atoms with Crippen molar-refractivity contribution in [2.75, 3.05) is 5.75 Å². The van der Waals surface area contributed by atoms with Gasteiger partial charge in [0.2, 0.25) is 0 Å². The Morgan fingerprint density at radius 3 is 2.75 bits per heavy atom. The summed E-state index contributed by atoms with van der Waals surface area (Å²) in [6.45, 7) is 0. The van der Waals surface area contributed by atoms with E-state index in [1.54, 1.807) is 18.3 Å². The van der Waals surface area contributed by atoms with Crippen LogP contribution in [0.3, 0.4) is 0 Å². The lowest BCUT2D eigenvalue weighted by Gasteiger charge is -2.10. The topological polar surface area (TPSA) is 68.0 Å². The third kappa shape index (κ3) is 3.21. The number of aliphatic carboxylic acids is 1. The van der Waals surface area contributed by atoms with Crippen LogP contribution in [0.2, 0.25) is 0 Å². The van der Waals surface area contributed by atoms with Crippen LogP contribution < -0.4 is 0 Å². The second kappa shape index (κ2) is 6.16. The molecule has 0 unspecified atom stereocenters. The zero-order valence-corrected chi connectivity index (χ0v) is 12.8. The molecule has 0 saturated carbocycles. The zero-order chi connectivity index (χ0) is 17.3. The molecule has 0 amide bonds. The number of nitrogens with zero attached hydrogens (tertiary/aromatic N) is 3. The van der Waals surface area contributed by atoms with Crippen molar-refractivity contribution in [2.24, 2.45) is 0 Å². The minimum absolute atomic E-state index is 0.189. The molecule has 9 heteroatoms. The van der Waals surface area contributed by atoms with Crippen LogP contribution in [0.5, 0.6) is 0 Å². The summed E-state index contributed by atoms with van der Waals surface area (Å²) in [7, 11) is 0. The molecule has 124 valence electrons. The van der Waals surface area contributed by atoms with Crippen molar-refractivity contribution in [1.82, 2.24) is 14.8 Å². The molecular weight excluding hydrogens is 343 g/mol. The third-order valence-corrected chi connectivity index (χ3v) is 4.29. The molecule has 0 aliphatic rings. The number of alkyl halides is 3. The number of carboxylic acid groups (broad SMARTS) is 1. The highest BCUT2D eigenvalue weighted by molar-refractivity contribution is 8.00. The maximum Gasteiger partial charge on any atom is 0.416 e. The van der Waals surface area contributed by atoms with Crippen LogP contribution in [-0.2, 0) is 11.0 Å². The largest absolute Gasteiger partial charge is 0.481 e. The molecule has 2 aromatic heterocycles. The monoisotopic (exact) mass is 353 g/mol. The van der Waals surface area contributed by atoms with Gasteiger partial charge in [-0.15, -0.1) is 16.9 Å². The number of carbonyl (C=O) groups is 1. The first-order chi connectivity index (χ1) is 11.4. The lowest BCUT2D eigenvalue weighted by atomic mass is 10.1. The zero-order valence-electron chi connectivity index (χ0n) is 12.0. The highest BCUT2D eigenvalue weighted by atomic mass is 32.2. The fraction of sp³-hybridized carbons (Fsp3) is 0.133. The van der Waals surface area contributed by atoms with Crippen molar-refractivity contribution >= 4 is 28.6 Å². The van der Waals surface area contributed by atoms with E-state index in [2.05, 4.69) is 10.2 Å². The minimum atomic E-state index is -4.45.